The van der Waals surface area contributed by atoms with E-state index in [1.165, 1.54) is 0 Å². The van der Waals surface area contributed by atoms with Crippen molar-refractivity contribution >= 4 is 43.1 Å². The maximum absolute atomic E-state index is 6.33. The van der Waals surface area contributed by atoms with E-state index in [9.17, 15) is 0 Å². The third-order valence-corrected chi connectivity index (χ3v) is 6.49. The molecule has 33 heavy (non-hydrogen) atoms. The molecule has 156 valence electrons. The summed E-state index contributed by atoms with van der Waals surface area (Å²) in [4.78, 5) is 25.3. The fraction of sp³-hybridized carbons (Fsp3) is 0. The van der Waals surface area contributed by atoms with Crippen molar-refractivity contribution < 1.29 is 24.5 Å². The molecule has 0 radical (unpaired) electrons. The van der Waals surface area contributed by atoms with E-state index in [0.29, 0.717) is 23.0 Å². The van der Waals surface area contributed by atoms with Crippen molar-refractivity contribution in [2.24, 2.45) is 0 Å². The highest BCUT2D eigenvalue weighted by molar-refractivity contribution is 6.15. The van der Waals surface area contributed by atoms with Crippen molar-refractivity contribution in [2.75, 3.05) is 0 Å². The van der Waals surface area contributed by atoms with E-state index in [0.717, 1.165) is 43.1 Å². The van der Waals surface area contributed by atoms with Crippen LogP contribution in [-0.4, -0.2) is 5.14 Å². The van der Waals surface area contributed by atoms with Crippen molar-refractivity contribution in [3.05, 3.63) is 97.1 Å². The average molecular weight is 430 g/mol. The number of fused-ring (bicyclic) bond motifs is 12. The molecule has 1 spiro atoms. The molecule has 0 atom stereocenters. The molecule has 5 heteroatoms. The molecule has 2 aliphatic rings. The van der Waals surface area contributed by atoms with Gasteiger partial charge >= 0.3 is 5.14 Å². The van der Waals surface area contributed by atoms with E-state index in [1.807, 2.05) is 72.8 Å². The number of quaternary nitrogens is 1. The lowest BCUT2D eigenvalue weighted by Crippen LogP contribution is -2.52. The molecule has 0 saturated carbocycles. The fourth-order valence-electron chi connectivity index (χ4n) is 5.07. The predicted molar refractivity (Wildman–Crippen MR) is 126 cm³/mol. The number of nitrogens with zero attached hydrogens (tertiary/aromatic N) is 1. The first-order valence-electron chi connectivity index (χ1n) is 10.9. The zero-order valence-electron chi connectivity index (χ0n) is 17.3. The van der Waals surface area contributed by atoms with Crippen LogP contribution in [0, 0.1) is 0 Å². The molecule has 8 rings (SSSR count). The third-order valence-electron chi connectivity index (χ3n) is 6.49. The first-order valence-corrected chi connectivity index (χ1v) is 10.9. The summed E-state index contributed by atoms with van der Waals surface area (Å²) in [7, 11) is 0. The first-order chi connectivity index (χ1) is 16.3. The van der Waals surface area contributed by atoms with Crippen LogP contribution in [0.1, 0.15) is 0 Å². The summed E-state index contributed by atoms with van der Waals surface area (Å²) in [6.45, 7) is 0. The van der Waals surface area contributed by atoms with E-state index in [2.05, 4.69) is 24.3 Å². The number of hydrogen-bond acceptors (Lipinski definition) is 4. The van der Waals surface area contributed by atoms with Gasteiger partial charge in [0, 0.05) is 21.5 Å². The smallest absolute Gasteiger partial charge is 0.176 e. The van der Waals surface area contributed by atoms with E-state index in [1.54, 1.807) is 0 Å². The Bertz CT molecular complexity index is 1530. The van der Waals surface area contributed by atoms with Gasteiger partial charge in [0.05, 0.1) is 0 Å². The average Bonchev–Trinajstić information content (AvgIpc) is 3.45. The highest BCUT2D eigenvalue weighted by atomic mass is 17.4. The van der Waals surface area contributed by atoms with Gasteiger partial charge in [0.1, 0.15) is 0 Å². The molecule has 0 N–H and O–H groups in total. The van der Waals surface area contributed by atoms with Crippen molar-refractivity contribution in [3.63, 3.8) is 0 Å². The standard InChI is InChI=1S/C28H16NO4/c1-5-13-21-17(9-1)18-10-2-6-14-22(18)26-25(21)30-29(31-26)32-27-23-15-7-3-11-19(23)20-12-4-8-16-24(20)28(27)33-29/h1-16H/q+1. The molecular formula is C28H16NO4+. The van der Waals surface area contributed by atoms with Gasteiger partial charge in [0.25, 0.3) is 23.0 Å². The van der Waals surface area contributed by atoms with E-state index < -0.39 is 5.14 Å². The lowest BCUT2D eigenvalue weighted by Gasteiger charge is -2.11. The summed E-state index contributed by atoms with van der Waals surface area (Å²) in [5.74, 6) is 2.41. The second-order valence-corrected chi connectivity index (χ2v) is 8.31. The molecular weight excluding hydrogens is 414 g/mol. The van der Waals surface area contributed by atoms with Crippen molar-refractivity contribution in [1.82, 2.24) is 0 Å². The van der Waals surface area contributed by atoms with Crippen LogP contribution in [0.5, 0.6) is 23.0 Å². The summed E-state index contributed by atoms with van der Waals surface area (Å²) in [6.07, 6.45) is 0. The highest BCUT2D eigenvalue weighted by Crippen LogP contribution is 2.55. The molecule has 0 unspecified atom stereocenters. The van der Waals surface area contributed by atoms with Gasteiger partial charge < -0.3 is 0 Å². The monoisotopic (exact) mass is 430 g/mol. The largest absolute Gasteiger partial charge is 0.429 e. The van der Waals surface area contributed by atoms with Crippen molar-refractivity contribution in [3.8, 4) is 23.0 Å². The van der Waals surface area contributed by atoms with E-state index >= 15 is 0 Å². The molecule has 0 aromatic heterocycles. The minimum Gasteiger partial charge on any atom is -0.176 e. The van der Waals surface area contributed by atoms with Gasteiger partial charge in [-0.1, -0.05) is 97.1 Å². The van der Waals surface area contributed by atoms with Gasteiger partial charge in [0.2, 0.25) is 0 Å². The summed E-state index contributed by atoms with van der Waals surface area (Å²) >= 11 is 0. The van der Waals surface area contributed by atoms with Gasteiger partial charge in [-0.3, -0.25) is 0 Å². The summed E-state index contributed by atoms with van der Waals surface area (Å²) in [6, 6.07) is 32.5. The number of rotatable bonds is 0. The van der Waals surface area contributed by atoms with E-state index in [-0.39, 0.29) is 0 Å². The summed E-state index contributed by atoms with van der Waals surface area (Å²) in [5.41, 5.74) is 0. The lowest BCUT2D eigenvalue weighted by atomic mass is 10.0. The zero-order valence-corrected chi connectivity index (χ0v) is 17.3. The quantitative estimate of drug-likeness (QED) is 0.192. The van der Waals surface area contributed by atoms with Crippen molar-refractivity contribution in [2.45, 2.75) is 0 Å². The predicted octanol–water partition coefficient (Wildman–Crippen LogP) is 7.02. The highest BCUT2D eigenvalue weighted by Gasteiger charge is 2.59. The van der Waals surface area contributed by atoms with E-state index in [4.69, 9.17) is 19.4 Å². The minimum atomic E-state index is -0.874. The molecule has 2 aliphatic heterocycles. The molecule has 0 amide bonds. The van der Waals surface area contributed by atoms with Crippen LogP contribution in [0.15, 0.2) is 97.1 Å². The van der Waals surface area contributed by atoms with Gasteiger partial charge in [-0.05, 0) is 21.5 Å². The molecule has 2 heterocycles. The Morgan fingerprint density at radius 2 is 0.515 bits per heavy atom. The van der Waals surface area contributed by atoms with Crippen LogP contribution in [0.25, 0.3) is 43.1 Å². The maximum Gasteiger partial charge on any atom is 0.429 e. The SMILES string of the molecule is c1ccc2c(c1)c1c(c3ccccc32)O[N+]2(O1)Oc1c(c3ccccc3c3ccccc13)O2. The first kappa shape index (κ1) is 17.1. The number of benzene rings is 6. The molecule has 0 aliphatic carbocycles. The number of hydrogen-bond donors (Lipinski definition) is 0. The molecule has 0 saturated heterocycles. The summed E-state index contributed by atoms with van der Waals surface area (Å²) < 4.78 is 0. The fourth-order valence-corrected chi connectivity index (χ4v) is 5.07. The minimum absolute atomic E-state index is 0.603. The van der Waals surface area contributed by atoms with Crippen LogP contribution in [-0.2, 0) is 0 Å². The molecule has 6 aromatic carbocycles. The molecule has 6 aromatic rings. The maximum atomic E-state index is 6.33. The molecule has 0 fully saturated rings. The summed E-state index contributed by atoms with van der Waals surface area (Å²) in [5, 5.41) is 7.24. The third kappa shape index (κ3) is 2.14. The Morgan fingerprint density at radius 3 is 0.758 bits per heavy atom. The van der Waals surface area contributed by atoms with Crippen LogP contribution < -0.4 is 19.4 Å². The Kier molecular flexibility index (Phi) is 3.03. The van der Waals surface area contributed by atoms with Crippen LogP contribution in [0.2, 0.25) is 0 Å². The van der Waals surface area contributed by atoms with Gasteiger partial charge in [-0.25, -0.2) is 0 Å². The van der Waals surface area contributed by atoms with Crippen LogP contribution in [0.4, 0.5) is 0 Å². The Morgan fingerprint density at radius 1 is 0.303 bits per heavy atom. The topological polar surface area (TPSA) is 36.9 Å². The second kappa shape index (κ2) is 5.85. The zero-order chi connectivity index (χ0) is 21.6. The van der Waals surface area contributed by atoms with Crippen molar-refractivity contribution in [1.29, 1.82) is 0 Å². The van der Waals surface area contributed by atoms with Gasteiger partial charge in [0.15, 0.2) is 0 Å². The Balaban J connectivity index is 1.38. The van der Waals surface area contributed by atoms with Crippen LogP contribution >= 0.6 is 0 Å². The molecule has 5 nitrogen and oxygen atoms in total. The van der Waals surface area contributed by atoms with Gasteiger partial charge in [-0.15, -0.1) is 0 Å². The van der Waals surface area contributed by atoms with Gasteiger partial charge in [-0.2, -0.15) is 19.4 Å². The second-order valence-electron chi connectivity index (χ2n) is 8.31. The lowest BCUT2D eigenvalue weighted by molar-refractivity contribution is -1.40. The Hall–Kier alpha value is -4.48. The van der Waals surface area contributed by atoms with Crippen LogP contribution in [0.3, 0.4) is 0 Å². The molecule has 0 bridgehead atoms. The normalized spacial score (nSPS) is 15.3. The Labute approximate surface area is 187 Å².